The fourth-order valence-corrected chi connectivity index (χ4v) is 1.81. The summed E-state index contributed by atoms with van der Waals surface area (Å²) in [6.45, 7) is 0. The van der Waals surface area contributed by atoms with Crippen molar-refractivity contribution in [2.24, 2.45) is 0 Å². The molecular formula is C12H9N3O. The van der Waals surface area contributed by atoms with E-state index in [-0.39, 0.29) is 5.56 Å². The molecule has 0 bridgehead atoms. The molecule has 4 nitrogen and oxygen atoms in total. The highest BCUT2D eigenvalue weighted by atomic mass is 16.1. The Bertz CT molecular complexity index is 683. The number of pyridine rings is 1. The van der Waals surface area contributed by atoms with E-state index in [9.17, 15) is 4.79 Å². The summed E-state index contributed by atoms with van der Waals surface area (Å²) in [5, 5.41) is 1.01. The van der Waals surface area contributed by atoms with E-state index >= 15 is 0 Å². The zero-order valence-corrected chi connectivity index (χ0v) is 8.40. The van der Waals surface area contributed by atoms with Crippen LogP contribution in [0.4, 0.5) is 0 Å². The van der Waals surface area contributed by atoms with Crippen LogP contribution in [0.3, 0.4) is 0 Å². The summed E-state index contributed by atoms with van der Waals surface area (Å²) in [7, 11) is 0. The van der Waals surface area contributed by atoms with Crippen LogP contribution < -0.4 is 5.56 Å². The summed E-state index contributed by atoms with van der Waals surface area (Å²) in [5.41, 5.74) is 2.58. The van der Waals surface area contributed by atoms with Gasteiger partial charge < -0.3 is 9.97 Å². The Kier molecular flexibility index (Phi) is 1.86. The van der Waals surface area contributed by atoms with Gasteiger partial charge in [0.05, 0.1) is 23.7 Å². The number of aromatic amines is 2. The number of H-pyrrole nitrogens is 2. The molecule has 3 rings (SSSR count). The van der Waals surface area contributed by atoms with Crippen LogP contribution in [0.5, 0.6) is 0 Å². The molecule has 0 amide bonds. The lowest BCUT2D eigenvalue weighted by atomic mass is 10.1. The third-order valence-electron chi connectivity index (χ3n) is 2.55. The molecule has 0 saturated carbocycles. The predicted molar refractivity (Wildman–Crippen MR) is 62.2 cm³/mol. The molecule has 2 aromatic heterocycles. The quantitative estimate of drug-likeness (QED) is 0.646. The molecule has 2 N–H and O–H groups in total. The molecule has 1 aromatic carbocycles. The van der Waals surface area contributed by atoms with Gasteiger partial charge in [0, 0.05) is 11.6 Å². The number of imidazole rings is 1. The van der Waals surface area contributed by atoms with E-state index in [2.05, 4.69) is 15.0 Å². The third kappa shape index (κ3) is 1.32. The second kappa shape index (κ2) is 3.34. The van der Waals surface area contributed by atoms with Gasteiger partial charge in [-0.2, -0.15) is 0 Å². The summed E-state index contributed by atoms with van der Waals surface area (Å²) in [6.07, 6.45) is 3.36. The minimum absolute atomic E-state index is 0.0977. The maximum atomic E-state index is 11.3. The Morgan fingerprint density at radius 2 is 2.06 bits per heavy atom. The lowest BCUT2D eigenvalue weighted by Gasteiger charge is -2.03. The van der Waals surface area contributed by atoms with Gasteiger partial charge in [-0.1, -0.05) is 18.2 Å². The first-order chi connectivity index (χ1) is 7.84. The number of hydrogen-bond acceptors (Lipinski definition) is 2. The zero-order chi connectivity index (χ0) is 11.0. The van der Waals surface area contributed by atoms with Gasteiger partial charge in [-0.3, -0.25) is 4.79 Å². The minimum atomic E-state index is -0.0977. The molecule has 0 unspecified atom stereocenters. The highest BCUT2D eigenvalue weighted by Crippen LogP contribution is 2.23. The van der Waals surface area contributed by atoms with E-state index in [1.54, 1.807) is 12.5 Å². The van der Waals surface area contributed by atoms with Crippen LogP contribution in [0.25, 0.3) is 22.2 Å². The standard InChI is InChI=1S/C12H9N3O/c16-11-5-4-8-2-1-3-9(12(8)15-11)10-6-13-7-14-10/h1-7H,(H,13,14)(H,15,16). The second-order valence-electron chi connectivity index (χ2n) is 3.56. The van der Waals surface area contributed by atoms with Gasteiger partial charge in [0.1, 0.15) is 0 Å². The molecule has 0 saturated heterocycles. The Hall–Kier alpha value is -2.36. The molecule has 78 valence electrons. The number of benzene rings is 1. The van der Waals surface area contributed by atoms with Gasteiger partial charge in [0.15, 0.2) is 0 Å². The van der Waals surface area contributed by atoms with Gasteiger partial charge in [-0.25, -0.2) is 4.98 Å². The van der Waals surface area contributed by atoms with E-state index in [1.165, 1.54) is 6.07 Å². The van der Waals surface area contributed by atoms with E-state index in [4.69, 9.17) is 0 Å². The topological polar surface area (TPSA) is 61.5 Å². The summed E-state index contributed by atoms with van der Waals surface area (Å²) in [5.74, 6) is 0. The maximum Gasteiger partial charge on any atom is 0.248 e. The van der Waals surface area contributed by atoms with Gasteiger partial charge in [-0.15, -0.1) is 0 Å². The summed E-state index contributed by atoms with van der Waals surface area (Å²) in [4.78, 5) is 21.2. The average Bonchev–Trinajstić information content (AvgIpc) is 2.81. The van der Waals surface area contributed by atoms with Crippen molar-refractivity contribution in [1.82, 2.24) is 15.0 Å². The van der Waals surface area contributed by atoms with Crippen LogP contribution in [0.2, 0.25) is 0 Å². The normalized spacial score (nSPS) is 10.8. The molecule has 16 heavy (non-hydrogen) atoms. The number of aromatic nitrogens is 3. The number of rotatable bonds is 1. The predicted octanol–water partition coefficient (Wildman–Crippen LogP) is 1.92. The Morgan fingerprint density at radius 1 is 1.12 bits per heavy atom. The minimum Gasteiger partial charge on any atom is -0.345 e. The Balaban J connectivity index is 2.41. The average molecular weight is 211 g/mol. The summed E-state index contributed by atoms with van der Waals surface area (Å²) in [6, 6.07) is 9.21. The van der Waals surface area contributed by atoms with Gasteiger partial charge in [-0.05, 0) is 11.5 Å². The van der Waals surface area contributed by atoms with Crippen molar-refractivity contribution in [3.8, 4) is 11.3 Å². The number of nitrogens with zero attached hydrogens (tertiary/aromatic N) is 1. The molecule has 4 heteroatoms. The third-order valence-corrected chi connectivity index (χ3v) is 2.55. The lowest BCUT2D eigenvalue weighted by Crippen LogP contribution is -2.03. The number of nitrogens with one attached hydrogen (secondary N) is 2. The summed E-state index contributed by atoms with van der Waals surface area (Å²) < 4.78 is 0. The van der Waals surface area contributed by atoms with Crippen LogP contribution in [0, 0.1) is 0 Å². The van der Waals surface area contributed by atoms with Gasteiger partial charge in [0.25, 0.3) is 0 Å². The first-order valence-electron chi connectivity index (χ1n) is 4.95. The maximum absolute atomic E-state index is 11.3. The SMILES string of the molecule is O=c1ccc2cccc(-c3cnc[nH]3)c2[nH]1. The largest absolute Gasteiger partial charge is 0.345 e. The molecule has 0 aliphatic carbocycles. The second-order valence-corrected chi connectivity index (χ2v) is 3.56. The van der Waals surface area contributed by atoms with E-state index in [1.807, 2.05) is 24.3 Å². The molecule has 0 fully saturated rings. The molecule has 0 radical (unpaired) electrons. The van der Waals surface area contributed by atoms with Crippen molar-refractivity contribution in [1.29, 1.82) is 0 Å². The molecule has 2 heterocycles. The van der Waals surface area contributed by atoms with E-state index in [0.29, 0.717) is 0 Å². The van der Waals surface area contributed by atoms with Crippen LogP contribution in [0.1, 0.15) is 0 Å². The van der Waals surface area contributed by atoms with Crippen molar-refractivity contribution in [3.63, 3.8) is 0 Å². The monoisotopic (exact) mass is 211 g/mol. The lowest BCUT2D eigenvalue weighted by molar-refractivity contribution is 1.29. The zero-order valence-electron chi connectivity index (χ0n) is 8.40. The van der Waals surface area contributed by atoms with Crippen LogP contribution >= 0.6 is 0 Å². The van der Waals surface area contributed by atoms with E-state index in [0.717, 1.165) is 22.2 Å². The van der Waals surface area contributed by atoms with Crippen molar-refractivity contribution in [3.05, 3.63) is 53.2 Å². The van der Waals surface area contributed by atoms with Crippen molar-refractivity contribution < 1.29 is 0 Å². The highest BCUT2D eigenvalue weighted by Gasteiger charge is 2.04. The Labute approximate surface area is 91.0 Å². The first-order valence-corrected chi connectivity index (χ1v) is 4.95. The van der Waals surface area contributed by atoms with Crippen molar-refractivity contribution in [2.75, 3.05) is 0 Å². The molecule has 0 spiro atoms. The van der Waals surface area contributed by atoms with Crippen LogP contribution in [0.15, 0.2) is 47.7 Å². The fraction of sp³-hybridized carbons (Fsp3) is 0. The van der Waals surface area contributed by atoms with Crippen LogP contribution in [-0.2, 0) is 0 Å². The summed E-state index contributed by atoms with van der Waals surface area (Å²) >= 11 is 0. The molecule has 0 aliphatic rings. The molecular weight excluding hydrogens is 202 g/mol. The van der Waals surface area contributed by atoms with Gasteiger partial charge in [0.2, 0.25) is 5.56 Å². The van der Waals surface area contributed by atoms with Crippen molar-refractivity contribution >= 4 is 10.9 Å². The van der Waals surface area contributed by atoms with Gasteiger partial charge >= 0.3 is 0 Å². The number of fused-ring (bicyclic) bond motifs is 1. The van der Waals surface area contributed by atoms with Crippen molar-refractivity contribution in [2.45, 2.75) is 0 Å². The smallest absolute Gasteiger partial charge is 0.248 e. The van der Waals surface area contributed by atoms with Crippen LogP contribution in [-0.4, -0.2) is 15.0 Å². The number of para-hydroxylation sites is 1. The fourth-order valence-electron chi connectivity index (χ4n) is 1.81. The molecule has 0 aliphatic heterocycles. The Morgan fingerprint density at radius 3 is 2.88 bits per heavy atom. The number of hydrogen-bond donors (Lipinski definition) is 2. The first kappa shape index (κ1) is 8.91. The molecule has 3 aromatic rings. The molecule has 0 atom stereocenters. The highest BCUT2D eigenvalue weighted by molar-refractivity contribution is 5.92. The van der Waals surface area contributed by atoms with E-state index < -0.39 is 0 Å².